The van der Waals surface area contributed by atoms with E-state index >= 15 is 0 Å². The van der Waals surface area contributed by atoms with E-state index in [0.29, 0.717) is 6.42 Å². The first-order chi connectivity index (χ1) is 11.7. The van der Waals surface area contributed by atoms with Gasteiger partial charge in [-0.25, -0.2) is 0 Å². The van der Waals surface area contributed by atoms with Crippen LogP contribution in [0.2, 0.25) is 0 Å². The normalized spacial score (nSPS) is 13.8. The molecule has 1 aromatic carbocycles. The van der Waals surface area contributed by atoms with E-state index in [2.05, 4.69) is 6.92 Å². The maximum absolute atomic E-state index is 12.6. The number of hydrogen-bond donors (Lipinski definition) is 0. The summed E-state index contributed by atoms with van der Waals surface area (Å²) in [7, 11) is 0. The van der Waals surface area contributed by atoms with Gasteiger partial charge in [0, 0.05) is 0 Å². The van der Waals surface area contributed by atoms with Crippen LogP contribution in [0.15, 0.2) is 30.3 Å². The van der Waals surface area contributed by atoms with Gasteiger partial charge < -0.3 is 9.47 Å². The number of ether oxygens (including phenoxy) is 2. The monoisotopic (exact) mass is 348 g/mol. The van der Waals surface area contributed by atoms with Crippen LogP contribution in [0.4, 0.5) is 0 Å². The third kappa shape index (κ3) is 8.19. The molecule has 0 aromatic heterocycles. The molecule has 1 rings (SSSR count). The lowest BCUT2D eigenvalue weighted by Gasteiger charge is -2.26. The van der Waals surface area contributed by atoms with Crippen molar-refractivity contribution in [3.05, 3.63) is 35.9 Å². The Morgan fingerprint density at radius 2 is 1.68 bits per heavy atom. The Kier molecular flexibility index (Phi) is 8.67. The third-order valence-electron chi connectivity index (χ3n) is 4.03. The predicted octanol–water partition coefficient (Wildman–Crippen LogP) is 4.90. The number of carbonyl (C=O) groups excluding carboxylic acids is 2. The molecule has 0 aliphatic rings. The molecule has 2 unspecified atom stereocenters. The molecule has 25 heavy (non-hydrogen) atoms. The van der Waals surface area contributed by atoms with Crippen molar-refractivity contribution in [3.8, 4) is 0 Å². The summed E-state index contributed by atoms with van der Waals surface area (Å²) in [5.74, 6) is -1.64. The zero-order chi connectivity index (χ0) is 18.9. The molecule has 0 radical (unpaired) electrons. The van der Waals surface area contributed by atoms with E-state index < -0.39 is 17.4 Å². The van der Waals surface area contributed by atoms with Crippen LogP contribution >= 0.6 is 0 Å². The van der Waals surface area contributed by atoms with Gasteiger partial charge in [-0.05, 0) is 32.8 Å². The molecule has 2 atom stereocenters. The predicted molar refractivity (Wildman–Crippen MR) is 98.9 cm³/mol. The van der Waals surface area contributed by atoms with Gasteiger partial charge in [0.2, 0.25) is 0 Å². The third-order valence-corrected chi connectivity index (χ3v) is 4.03. The van der Waals surface area contributed by atoms with Crippen molar-refractivity contribution in [3.63, 3.8) is 0 Å². The molecule has 0 saturated heterocycles. The zero-order valence-electron chi connectivity index (χ0n) is 16.2. The average molecular weight is 348 g/mol. The minimum Gasteiger partial charge on any atom is -0.461 e. The highest BCUT2D eigenvalue weighted by Crippen LogP contribution is 2.24. The first-order valence-electron chi connectivity index (χ1n) is 9.18. The summed E-state index contributed by atoms with van der Waals surface area (Å²) in [5, 5.41) is 0. The second-order valence-corrected chi connectivity index (χ2v) is 7.52. The van der Waals surface area contributed by atoms with Crippen LogP contribution in [0, 0.1) is 11.8 Å². The topological polar surface area (TPSA) is 52.6 Å². The highest BCUT2D eigenvalue weighted by molar-refractivity contribution is 5.82. The first kappa shape index (κ1) is 21.2. The van der Waals surface area contributed by atoms with E-state index in [1.807, 2.05) is 51.1 Å². The highest BCUT2D eigenvalue weighted by Gasteiger charge is 2.34. The van der Waals surface area contributed by atoms with Crippen LogP contribution in [-0.4, -0.2) is 17.5 Å². The summed E-state index contributed by atoms with van der Waals surface area (Å²) < 4.78 is 10.9. The minimum absolute atomic E-state index is 0.227. The summed E-state index contributed by atoms with van der Waals surface area (Å²) in [5.41, 5.74) is 0.376. The molecule has 140 valence electrons. The number of rotatable bonds is 9. The van der Waals surface area contributed by atoms with E-state index in [4.69, 9.17) is 9.47 Å². The molecule has 0 saturated carbocycles. The molecule has 0 aliphatic heterocycles. The Hall–Kier alpha value is -1.84. The second-order valence-electron chi connectivity index (χ2n) is 7.52. The molecule has 0 bridgehead atoms. The molecular formula is C21H32O4. The summed E-state index contributed by atoms with van der Waals surface area (Å²) in [6.45, 7) is 9.59. The molecule has 0 heterocycles. The second kappa shape index (κ2) is 10.2. The maximum atomic E-state index is 12.6. The summed E-state index contributed by atoms with van der Waals surface area (Å²) in [4.78, 5) is 25.0. The van der Waals surface area contributed by atoms with Crippen molar-refractivity contribution in [2.45, 2.75) is 72.5 Å². The van der Waals surface area contributed by atoms with Crippen LogP contribution < -0.4 is 0 Å². The fourth-order valence-electron chi connectivity index (χ4n) is 2.58. The van der Waals surface area contributed by atoms with E-state index in [0.717, 1.165) is 24.8 Å². The lowest BCUT2D eigenvalue weighted by Crippen LogP contribution is -2.34. The van der Waals surface area contributed by atoms with Crippen molar-refractivity contribution < 1.29 is 19.1 Å². The molecule has 0 spiro atoms. The van der Waals surface area contributed by atoms with Crippen LogP contribution in [0.1, 0.15) is 65.9 Å². The number of carbonyl (C=O) groups is 2. The molecule has 0 aliphatic carbocycles. The minimum atomic E-state index is -0.562. The van der Waals surface area contributed by atoms with E-state index in [1.54, 1.807) is 6.92 Å². The standard InChI is InChI=1S/C21H32O4/c1-6-7-9-14-18(16(2)19(22)25-21(3,4)5)20(23)24-15-17-12-10-8-11-13-17/h8,10-13,16,18H,6-7,9,14-15H2,1-5H3. The van der Waals surface area contributed by atoms with E-state index in [9.17, 15) is 9.59 Å². The van der Waals surface area contributed by atoms with Crippen molar-refractivity contribution in [1.29, 1.82) is 0 Å². The Morgan fingerprint density at radius 3 is 2.24 bits per heavy atom. The van der Waals surface area contributed by atoms with Crippen LogP contribution in [0.5, 0.6) is 0 Å². The number of benzene rings is 1. The molecule has 0 fully saturated rings. The zero-order valence-corrected chi connectivity index (χ0v) is 16.2. The van der Waals surface area contributed by atoms with E-state index in [-0.39, 0.29) is 18.5 Å². The number of esters is 2. The summed E-state index contributed by atoms with van der Waals surface area (Å²) in [6.07, 6.45) is 3.63. The van der Waals surface area contributed by atoms with Gasteiger partial charge in [0.15, 0.2) is 0 Å². The maximum Gasteiger partial charge on any atom is 0.310 e. The molecular weight excluding hydrogens is 316 g/mol. The van der Waals surface area contributed by atoms with Crippen LogP contribution in [-0.2, 0) is 25.7 Å². The summed E-state index contributed by atoms with van der Waals surface area (Å²) in [6, 6.07) is 9.56. The van der Waals surface area contributed by atoms with Gasteiger partial charge in [-0.1, -0.05) is 63.4 Å². The Bertz CT molecular complexity index is 531. The summed E-state index contributed by atoms with van der Waals surface area (Å²) >= 11 is 0. The Labute approximate surface area is 151 Å². The van der Waals surface area contributed by atoms with Gasteiger partial charge in [-0.15, -0.1) is 0 Å². The quantitative estimate of drug-likeness (QED) is 0.470. The molecule has 0 N–H and O–H groups in total. The van der Waals surface area contributed by atoms with Gasteiger partial charge in [0.1, 0.15) is 12.2 Å². The van der Waals surface area contributed by atoms with Crippen LogP contribution in [0.3, 0.4) is 0 Å². The van der Waals surface area contributed by atoms with Gasteiger partial charge in [-0.2, -0.15) is 0 Å². The fourth-order valence-corrected chi connectivity index (χ4v) is 2.58. The molecule has 4 heteroatoms. The van der Waals surface area contributed by atoms with Gasteiger partial charge in [0.25, 0.3) is 0 Å². The van der Waals surface area contributed by atoms with Gasteiger partial charge in [-0.3, -0.25) is 9.59 Å². The lowest BCUT2D eigenvalue weighted by molar-refractivity contribution is -0.168. The Balaban J connectivity index is 2.72. The molecule has 4 nitrogen and oxygen atoms in total. The molecule has 0 amide bonds. The van der Waals surface area contributed by atoms with Crippen molar-refractivity contribution in [1.82, 2.24) is 0 Å². The smallest absolute Gasteiger partial charge is 0.310 e. The van der Waals surface area contributed by atoms with Crippen molar-refractivity contribution in [2.24, 2.45) is 11.8 Å². The van der Waals surface area contributed by atoms with E-state index in [1.165, 1.54) is 0 Å². The van der Waals surface area contributed by atoms with Crippen molar-refractivity contribution in [2.75, 3.05) is 0 Å². The molecule has 1 aromatic rings. The van der Waals surface area contributed by atoms with Gasteiger partial charge in [0.05, 0.1) is 11.8 Å². The fraction of sp³-hybridized carbons (Fsp3) is 0.619. The van der Waals surface area contributed by atoms with Gasteiger partial charge >= 0.3 is 11.9 Å². The highest BCUT2D eigenvalue weighted by atomic mass is 16.6. The number of hydrogen-bond acceptors (Lipinski definition) is 4. The van der Waals surface area contributed by atoms with Crippen LogP contribution in [0.25, 0.3) is 0 Å². The first-order valence-corrected chi connectivity index (χ1v) is 9.18. The largest absolute Gasteiger partial charge is 0.461 e. The van der Waals surface area contributed by atoms with Crippen molar-refractivity contribution >= 4 is 11.9 Å². The Morgan fingerprint density at radius 1 is 1.04 bits per heavy atom. The SMILES string of the molecule is CCCCCC(C(=O)OCc1ccccc1)C(C)C(=O)OC(C)(C)C. The number of unbranched alkanes of at least 4 members (excludes halogenated alkanes) is 2. The lowest BCUT2D eigenvalue weighted by atomic mass is 9.88. The average Bonchev–Trinajstić information content (AvgIpc) is 2.55.